The number of sulfonamides is 1. The Morgan fingerprint density at radius 1 is 1.17 bits per heavy atom. The number of rotatable bonds is 9. The van der Waals surface area contributed by atoms with Crippen LogP contribution >= 0.6 is 0 Å². The molecule has 5 atom stereocenters. The van der Waals surface area contributed by atoms with E-state index in [2.05, 4.69) is 15.0 Å². The number of carbonyl (C=O) groups is 3. The van der Waals surface area contributed by atoms with Gasteiger partial charge in [-0.15, -0.1) is 0 Å². The van der Waals surface area contributed by atoms with Gasteiger partial charge in [0.2, 0.25) is 33.8 Å². The van der Waals surface area contributed by atoms with Crippen molar-refractivity contribution in [2.45, 2.75) is 120 Å². The summed E-state index contributed by atoms with van der Waals surface area (Å²) in [5.41, 5.74) is -0.136. The minimum absolute atomic E-state index is 0.0175. The lowest BCUT2D eigenvalue weighted by molar-refractivity contribution is -0.140. The van der Waals surface area contributed by atoms with Crippen molar-refractivity contribution in [1.82, 2.24) is 19.9 Å². The summed E-state index contributed by atoms with van der Waals surface area (Å²) in [5.74, 6) is -1.00. The van der Waals surface area contributed by atoms with Crippen LogP contribution in [0.3, 0.4) is 0 Å². The van der Waals surface area contributed by atoms with Crippen molar-refractivity contribution in [3.8, 4) is 17.4 Å². The van der Waals surface area contributed by atoms with Crippen LogP contribution in [0.2, 0.25) is 0 Å². The molecule has 2 saturated carbocycles. The summed E-state index contributed by atoms with van der Waals surface area (Å²) >= 11 is 0. The second-order valence-electron chi connectivity index (χ2n) is 14.9. The van der Waals surface area contributed by atoms with E-state index >= 15 is 0 Å². The third kappa shape index (κ3) is 7.38. The fourth-order valence-corrected chi connectivity index (χ4v) is 8.45. The number of amides is 3. The molecule has 2 aliphatic carbocycles. The standard InChI is InChI=1S/C37H47N5O9S/c1-22(2)50-31-18-30(26-13-14-29(49-5)23(3)32(26)39-31)51-25-17-28-33(44)40-37(35(46)41-52(47,48)36(4)15-16-36)19-24(37)11-9-7-6-8-10-12-27(38-21-43)34(45)42(28)20-25/h9,11,13-14,18,22,24-25,27-28H,6-8,10,12,15-17,19-20H2,1-5H3,(H,40,44)(H,41,46)/b11-9-/t24-,25-,27+,28+,37-/m1/s1. The predicted octanol–water partition coefficient (Wildman–Crippen LogP) is 3.79. The van der Waals surface area contributed by atoms with Gasteiger partial charge in [-0.2, -0.15) is 4.99 Å². The molecule has 0 radical (unpaired) electrons. The summed E-state index contributed by atoms with van der Waals surface area (Å²) in [4.78, 5) is 63.5. The fourth-order valence-electron chi connectivity index (χ4n) is 7.13. The Labute approximate surface area is 303 Å². The average molecular weight is 738 g/mol. The Morgan fingerprint density at radius 3 is 2.63 bits per heavy atom. The monoisotopic (exact) mass is 737 g/mol. The number of hydrogen-bond donors (Lipinski definition) is 2. The highest BCUT2D eigenvalue weighted by atomic mass is 32.2. The highest BCUT2D eigenvalue weighted by Gasteiger charge is 2.63. The Balaban J connectivity index is 1.34. The van der Waals surface area contributed by atoms with Crippen molar-refractivity contribution in [2.75, 3.05) is 13.7 Å². The maximum atomic E-state index is 14.3. The van der Waals surface area contributed by atoms with Crippen LogP contribution in [0.5, 0.6) is 17.4 Å². The molecule has 6 rings (SSSR count). The van der Waals surface area contributed by atoms with E-state index in [0.717, 1.165) is 18.4 Å². The van der Waals surface area contributed by atoms with Crippen molar-refractivity contribution in [1.29, 1.82) is 0 Å². The lowest BCUT2D eigenvalue weighted by atomic mass is 10.1. The molecule has 0 bridgehead atoms. The maximum Gasteiger partial charge on any atom is 0.259 e. The number of nitrogens with zero attached hydrogens (tertiary/aromatic N) is 3. The van der Waals surface area contributed by atoms with Gasteiger partial charge in [-0.05, 0) is 78.4 Å². The molecule has 1 aromatic carbocycles. The summed E-state index contributed by atoms with van der Waals surface area (Å²) in [6.07, 6.45) is 8.75. The van der Waals surface area contributed by atoms with E-state index in [0.29, 0.717) is 60.4 Å². The molecule has 3 heterocycles. The lowest BCUT2D eigenvalue weighted by Crippen LogP contribution is -2.57. The maximum absolute atomic E-state index is 14.3. The molecule has 0 spiro atoms. The van der Waals surface area contributed by atoms with Crippen molar-refractivity contribution in [2.24, 2.45) is 10.9 Å². The van der Waals surface area contributed by atoms with Crippen LogP contribution in [0.15, 0.2) is 35.3 Å². The largest absolute Gasteiger partial charge is 0.496 e. The summed E-state index contributed by atoms with van der Waals surface area (Å²) in [7, 11) is -2.41. The molecule has 1 saturated heterocycles. The van der Waals surface area contributed by atoms with Crippen molar-refractivity contribution in [3.05, 3.63) is 35.9 Å². The molecule has 2 aromatic rings. The number of nitrogens with one attached hydrogen (secondary N) is 2. The van der Waals surface area contributed by atoms with Crippen molar-refractivity contribution < 1.29 is 41.8 Å². The fraction of sp³-hybridized carbons (Fsp3) is 0.595. The van der Waals surface area contributed by atoms with Crippen molar-refractivity contribution >= 4 is 44.7 Å². The third-order valence-corrected chi connectivity index (χ3v) is 12.8. The number of aromatic nitrogens is 1. The highest BCUT2D eigenvalue weighted by Crippen LogP contribution is 2.47. The van der Waals surface area contributed by atoms with Gasteiger partial charge in [-0.25, -0.2) is 18.2 Å². The van der Waals surface area contributed by atoms with E-state index in [4.69, 9.17) is 19.2 Å². The summed E-state index contributed by atoms with van der Waals surface area (Å²) in [6, 6.07) is 3.14. The number of hydrogen-bond acceptors (Lipinski definition) is 11. The van der Waals surface area contributed by atoms with Crippen LogP contribution in [0.25, 0.3) is 10.9 Å². The molecular weight excluding hydrogens is 690 g/mol. The number of benzene rings is 1. The first-order valence-electron chi connectivity index (χ1n) is 18.0. The minimum Gasteiger partial charge on any atom is -0.496 e. The van der Waals surface area contributed by atoms with E-state index in [1.807, 2.05) is 45.1 Å². The predicted molar refractivity (Wildman–Crippen MR) is 191 cm³/mol. The van der Waals surface area contributed by atoms with Gasteiger partial charge in [-0.1, -0.05) is 25.0 Å². The molecule has 52 heavy (non-hydrogen) atoms. The van der Waals surface area contributed by atoms with Crippen LogP contribution in [-0.2, 0) is 29.2 Å². The molecule has 15 heteroatoms. The second kappa shape index (κ2) is 14.5. The van der Waals surface area contributed by atoms with Crippen LogP contribution in [0.4, 0.5) is 0 Å². The molecule has 280 valence electrons. The number of pyridine rings is 1. The first-order valence-corrected chi connectivity index (χ1v) is 19.4. The van der Waals surface area contributed by atoms with E-state index < -0.39 is 62.1 Å². The molecule has 14 nitrogen and oxygen atoms in total. The van der Waals surface area contributed by atoms with Gasteiger partial charge >= 0.3 is 0 Å². The zero-order chi connectivity index (χ0) is 37.4. The Bertz CT molecular complexity index is 1940. The number of carbonyl (C=O) groups excluding carboxylic acids is 4. The number of aliphatic imine (C=N–C) groups is 1. The number of methoxy groups -OCH3 is 1. The number of allylic oxidation sites excluding steroid dienone is 1. The Hall–Kier alpha value is -4.49. The Morgan fingerprint density at radius 2 is 1.94 bits per heavy atom. The van der Waals surface area contributed by atoms with Gasteiger partial charge in [0, 0.05) is 29.4 Å². The van der Waals surface area contributed by atoms with Gasteiger partial charge in [0.05, 0.1) is 30.0 Å². The second-order valence-corrected chi connectivity index (χ2v) is 17.1. The van der Waals surface area contributed by atoms with Crippen LogP contribution in [0.1, 0.15) is 84.1 Å². The third-order valence-electron chi connectivity index (χ3n) is 10.6. The number of fused-ring (bicyclic) bond motifs is 3. The van der Waals surface area contributed by atoms with Crippen LogP contribution < -0.4 is 24.2 Å². The smallest absolute Gasteiger partial charge is 0.259 e. The molecule has 2 N–H and O–H groups in total. The van der Waals surface area contributed by atoms with Gasteiger partial charge in [0.1, 0.15) is 35.2 Å². The first kappa shape index (κ1) is 37.3. The average Bonchev–Trinajstić information content (AvgIpc) is 3.97. The van der Waals surface area contributed by atoms with E-state index in [-0.39, 0.29) is 25.5 Å². The van der Waals surface area contributed by atoms with Crippen molar-refractivity contribution in [3.63, 3.8) is 0 Å². The summed E-state index contributed by atoms with van der Waals surface area (Å²) < 4.78 is 45.5. The van der Waals surface area contributed by atoms with Crippen LogP contribution in [-0.4, -0.2) is 90.3 Å². The number of ether oxygens (including phenoxy) is 3. The van der Waals surface area contributed by atoms with E-state index in [9.17, 15) is 27.6 Å². The SMILES string of the molecule is COc1ccc2c(O[C@@H]3C[C@H]4C(=O)N[C@]5(C(=O)NS(=O)(=O)C6(C)CC6)C[C@H]5/C=C\CCCCC[C@H](N=C=O)C(=O)N4C3)cc(OC(C)C)nc2c1C. The number of aryl methyl sites for hydroxylation is 1. The topological polar surface area (TPSA) is 183 Å². The first-order chi connectivity index (χ1) is 24.7. The van der Waals surface area contributed by atoms with Gasteiger partial charge in [0.15, 0.2) is 0 Å². The van der Waals surface area contributed by atoms with Gasteiger partial charge < -0.3 is 24.4 Å². The quantitative estimate of drug-likeness (QED) is 0.218. The molecular formula is C37H47N5O9S. The lowest BCUT2D eigenvalue weighted by Gasteiger charge is -2.28. The zero-order valence-electron chi connectivity index (χ0n) is 30.3. The molecule has 0 unspecified atom stereocenters. The summed E-state index contributed by atoms with van der Waals surface area (Å²) in [6.45, 7) is 7.20. The van der Waals surface area contributed by atoms with E-state index in [1.54, 1.807) is 20.1 Å². The molecule has 4 aliphatic rings. The normalized spacial score (nSPS) is 27.9. The minimum atomic E-state index is -3.98. The molecule has 3 amide bonds. The number of isocyanates is 1. The Kier molecular flexibility index (Phi) is 10.4. The summed E-state index contributed by atoms with van der Waals surface area (Å²) in [5, 5.41) is 3.54. The molecule has 1 aromatic heterocycles. The van der Waals surface area contributed by atoms with Gasteiger partial charge in [-0.3, -0.25) is 19.1 Å². The van der Waals surface area contributed by atoms with Crippen LogP contribution in [0, 0.1) is 12.8 Å². The molecule has 3 fully saturated rings. The van der Waals surface area contributed by atoms with E-state index in [1.165, 1.54) is 11.0 Å². The molecule has 2 aliphatic heterocycles. The zero-order valence-corrected chi connectivity index (χ0v) is 31.1. The van der Waals surface area contributed by atoms with Gasteiger partial charge in [0.25, 0.3) is 5.91 Å². The highest BCUT2D eigenvalue weighted by molar-refractivity contribution is 7.91.